The Kier molecular flexibility index (Phi) is 2.63. The summed E-state index contributed by atoms with van der Waals surface area (Å²) >= 11 is 0. The maximum absolute atomic E-state index is 11.5. The van der Waals surface area contributed by atoms with Crippen molar-refractivity contribution in [2.24, 2.45) is 0 Å². The molecule has 16 heavy (non-hydrogen) atoms. The van der Waals surface area contributed by atoms with E-state index in [0.717, 1.165) is 10.9 Å². The van der Waals surface area contributed by atoms with Crippen molar-refractivity contribution < 1.29 is 8.42 Å². The van der Waals surface area contributed by atoms with Gasteiger partial charge in [0.25, 0.3) is 0 Å². The minimum atomic E-state index is -3.01. The van der Waals surface area contributed by atoms with Crippen molar-refractivity contribution in [1.82, 2.24) is 4.98 Å². The van der Waals surface area contributed by atoms with Crippen LogP contribution in [0.15, 0.2) is 24.3 Å². The van der Waals surface area contributed by atoms with Crippen molar-refractivity contribution in [3.63, 3.8) is 0 Å². The molecule has 3 N–H and O–H groups in total. The first-order valence-electron chi connectivity index (χ1n) is 5.08. The summed E-state index contributed by atoms with van der Waals surface area (Å²) < 4.78 is 23.0. The van der Waals surface area contributed by atoms with E-state index in [1.165, 1.54) is 0 Å². The quantitative estimate of drug-likeness (QED) is 0.799. The Morgan fingerprint density at radius 2 is 2.12 bits per heavy atom. The van der Waals surface area contributed by atoms with E-state index < -0.39 is 9.84 Å². The Morgan fingerprint density at radius 1 is 1.38 bits per heavy atom. The van der Waals surface area contributed by atoms with E-state index in [2.05, 4.69) is 4.98 Å². The topological polar surface area (TPSA) is 75.9 Å². The van der Waals surface area contributed by atoms with Gasteiger partial charge < -0.3 is 10.7 Å². The van der Waals surface area contributed by atoms with Gasteiger partial charge in [0, 0.05) is 28.0 Å². The molecule has 0 aliphatic heterocycles. The predicted octanol–water partition coefficient (Wildman–Crippen LogP) is 1.68. The number of benzene rings is 1. The molecule has 86 valence electrons. The molecule has 1 aromatic carbocycles. The number of fused-ring (bicyclic) bond motifs is 1. The second-order valence-electron chi connectivity index (χ2n) is 3.78. The summed E-state index contributed by atoms with van der Waals surface area (Å²) in [5.74, 6) is 0.190. The highest BCUT2D eigenvalue weighted by Crippen LogP contribution is 2.22. The molecule has 0 bridgehead atoms. The molecular weight excluding hydrogens is 224 g/mol. The highest BCUT2D eigenvalue weighted by molar-refractivity contribution is 7.90. The standard InChI is InChI=1S/C11H14N2O2S/c1-2-16(14,15)7-8-6-9-10(12)4-3-5-11(9)13-8/h3-6,13H,2,7,12H2,1H3. The molecule has 0 saturated heterocycles. The normalized spacial score (nSPS) is 12.1. The Labute approximate surface area is 94.4 Å². The Balaban J connectivity index is 2.45. The van der Waals surface area contributed by atoms with Gasteiger partial charge in [-0.1, -0.05) is 13.0 Å². The van der Waals surface area contributed by atoms with Crippen molar-refractivity contribution in [2.45, 2.75) is 12.7 Å². The average molecular weight is 238 g/mol. The van der Waals surface area contributed by atoms with Crippen LogP contribution >= 0.6 is 0 Å². The van der Waals surface area contributed by atoms with Crippen molar-refractivity contribution in [3.8, 4) is 0 Å². The van der Waals surface area contributed by atoms with Crippen LogP contribution in [0, 0.1) is 0 Å². The lowest BCUT2D eigenvalue weighted by Gasteiger charge is -1.97. The summed E-state index contributed by atoms with van der Waals surface area (Å²) in [6, 6.07) is 7.33. The van der Waals surface area contributed by atoms with E-state index in [-0.39, 0.29) is 11.5 Å². The van der Waals surface area contributed by atoms with E-state index in [0.29, 0.717) is 11.4 Å². The van der Waals surface area contributed by atoms with E-state index in [4.69, 9.17) is 5.73 Å². The van der Waals surface area contributed by atoms with Crippen molar-refractivity contribution in [2.75, 3.05) is 11.5 Å². The molecule has 0 atom stereocenters. The first-order chi connectivity index (χ1) is 7.52. The molecule has 5 heteroatoms. The predicted molar refractivity (Wildman–Crippen MR) is 65.9 cm³/mol. The molecule has 0 saturated carbocycles. The van der Waals surface area contributed by atoms with Gasteiger partial charge in [0.15, 0.2) is 9.84 Å². The Bertz CT molecular complexity index is 614. The third kappa shape index (κ3) is 2.04. The maximum atomic E-state index is 11.5. The minimum Gasteiger partial charge on any atom is -0.398 e. The molecule has 1 heterocycles. The number of hydrogen-bond donors (Lipinski definition) is 2. The Morgan fingerprint density at radius 3 is 2.75 bits per heavy atom. The molecule has 2 aromatic rings. The van der Waals surface area contributed by atoms with E-state index >= 15 is 0 Å². The summed E-state index contributed by atoms with van der Waals surface area (Å²) in [4.78, 5) is 3.07. The number of hydrogen-bond acceptors (Lipinski definition) is 3. The summed E-state index contributed by atoms with van der Waals surface area (Å²) in [5, 5.41) is 0.879. The highest BCUT2D eigenvalue weighted by atomic mass is 32.2. The fourth-order valence-electron chi connectivity index (χ4n) is 1.65. The largest absolute Gasteiger partial charge is 0.398 e. The molecule has 1 aromatic heterocycles. The van der Waals surface area contributed by atoms with Crippen LogP contribution in [0.1, 0.15) is 12.6 Å². The van der Waals surface area contributed by atoms with Crippen molar-refractivity contribution in [3.05, 3.63) is 30.0 Å². The number of anilines is 1. The smallest absolute Gasteiger partial charge is 0.155 e. The van der Waals surface area contributed by atoms with Crippen LogP contribution in [0.4, 0.5) is 5.69 Å². The molecule has 2 rings (SSSR count). The number of rotatable bonds is 3. The van der Waals surface area contributed by atoms with Crippen LogP contribution in [0.25, 0.3) is 10.9 Å². The summed E-state index contributed by atoms with van der Waals surface area (Å²) in [6.07, 6.45) is 0. The van der Waals surface area contributed by atoms with Crippen LogP contribution in [-0.4, -0.2) is 19.2 Å². The number of aromatic nitrogens is 1. The fraction of sp³-hybridized carbons (Fsp3) is 0.273. The van der Waals surface area contributed by atoms with Crippen LogP contribution in [0.3, 0.4) is 0 Å². The van der Waals surface area contributed by atoms with Crippen LogP contribution in [-0.2, 0) is 15.6 Å². The lowest BCUT2D eigenvalue weighted by molar-refractivity contribution is 0.596. The first-order valence-corrected chi connectivity index (χ1v) is 6.90. The number of H-pyrrole nitrogens is 1. The van der Waals surface area contributed by atoms with Crippen molar-refractivity contribution >= 4 is 26.4 Å². The molecular formula is C11H14N2O2S. The number of nitrogens with two attached hydrogens (primary N) is 1. The minimum absolute atomic E-state index is 0.0393. The molecule has 0 fully saturated rings. The molecule has 0 spiro atoms. The molecule has 0 unspecified atom stereocenters. The first kappa shape index (κ1) is 11.0. The average Bonchev–Trinajstić information content (AvgIpc) is 2.61. The second-order valence-corrected chi connectivity index (χ2v) is 6.13. The fourth-order valence-corrected chi connectivity index (χ4v) is 2.49. The zero-order valence-electron chi connectivity index (χ0n) is 9.03. The molecule has 0 aliphatic rings. The monoisotopic (exact) mass is 238 g/mol. The highest BCUT2D eigenvalue weighted by Gasteiger charge is 2.11. The Hall–Kier alpha value is -1.49. The molecule has 0 radical (unpaired) electrons. The molecule has 4 nitrogen and oxygen atoms in total. The van der Waals surface area contributed by atoms with E-state index in [1.54, 1.807) is 19.1 Å². The SMILES string of the molecule is CCS(=O)(=O)Cc1cc2c(N)cccc2[nH]1. The van der Waals surface area contributed by atoms with Crippen LogP contribution < -0.4 is 5.73 Å². The lowest BCUT2D eigenvalue weighted by atomic mass is 10.2. The van der Waals surface area contributed by atoms with Crippen molar-refractivity contribution in [1.29, 1.82) is 0 Å². The number of sulfone groups is 1. The van der Waals surface area contributed by atoms with Gasteiger partial charge in [-0.3, -0.25) is 0 Å². The zero-order valence-corrected chi connectivity index (χ0v) is 9.84. The van der Waals surface area contributed by atoms with Gasteiger partial charge in [0.2, 0.25) is 0 Å². The maximum Gasteiger partial charge on any atom is 0.155 e. The van der Waals surface area contributed by atoms with Gasteiger partial charge in [-0.05, 0) is 18.2 Å². The zero-order chi connectivity index (χ0) is 11.8. The van der Waals surface area contributed by atoms with Gasteiger partial charge in [-0.2, -0.15) is 0 Å². The van der Waals surface area contributed by atoms with Gasteiger partial charge >= 0.3 is 0 Å². The van der Waals surface area contributed by atoms with Crippen LogP contribution in [0.2, 0.25) is 0 Å². The van der Waals surface area contributed by atoms with Gasteiger partial charge in [-0.15, -0.1) is 0 Å². The third-order valence-corrected chi connectivity index (χ3v) is 4.20. The van der Waals surface area contributed by atoms with Gasteiger partial charge in [0.1, 0.15) is 0 Å². The number of aromatic amines is 1. The summed E-state index contributed by atoms with van der Waals surface area (Å²) in [6.45, 7) is 1.65. The molecule has 0 aliphatic carbocycles. The number of nitrogens with one attached hydrogen (secondary N) is 1. The second kappa shape index (κ2) is 3.83. The van der Waals surface area contributed by atoms with E-state index in [9.17, 15) is 8.42 Å². The van der Waals surface area contributed by atoms with E-state index in [1.807, 2.05) is 12.1 Å². The summed E-state index contributed by atoms with van der Waals surface area (Å²) in [7, 11) is -3.01. The molecule has 0 amide bonds. The van der Waals surface area contributed by atoms with Gasteiger partial charge in [0.05, 0.1) is 5.75 Å². The number of nitrogen functional groups attached to an aromatic ring is 1. The van der Waals surface area contributed by atoms with Crippen LogP contribution in [0.5, 0.6) is 0 Å². The summed E-state index contributed by atoms with van der Waals surface area (Å²) in [5.41, 5.74) is 8.02. The lowest BCUT2D eigenvalue weighted by Crippen LogP contribution is -2.06. The third-order valence-electron chi connectivity index (χ3n) is 2.57. The van der Waals surface area contributed by atoms with Gasteiger partial charge in [-0.25, -0.2) is 8.42 Å².